The molecule has 0 saturated carbocycles. The fourth-order valence-electron chi connectivity index (χ4n) is 2.63. The quantitative estimate of drug-likeness (QED) is 0.760. The highest BCUT2D eigenvalue weighted by atomic mass is 16.5. The molecule has 2 rings (SSSR count). The van der Waals surface area contributed by atoms with Crippen LogP contribution in [0, 0.1) is 5.92 Å². The van der Waals surface area contributed by atoms with Gasteiger partial charge in [0, 0.05) is 17.5 Å². The lowest BCUT2D eigenvalue weighted by Crippen LogP contribution is -2.45. The topological polar surface area (TPSA) is 71.7 Å². The number of amides is 1. The molecule has 0 radical (unpaired) electrons. The number of carbonyl (C=O) groups is 1. The molecular formula is C20H29NO4. The molecule has 0 fully saturated rings. The monoisotopic (exact) mass is 347 g/mol. The molecule has 0 bridgehead atoms. The number of ether oxygens (including phenoxy) is 1. The predicted molar refractivity (Wildman–Crippen MR) is 98.6 cm³/mol. The summed E-state index contributed by atoms with van der Waals surface area (Å²) in [7, 11) is 0. The Bertz CT molecular complexity index is 718. The average molecular weight is 347 g/mol. The van der Waals surface area contributed by atoms with Crippen molar-refractivity contribution in [1.29, 1.82) is 0 Å². The van der Waals surface area contributed by atoms with Crippen molar-refractivity contribution < 1.29 is 19.1 Å². The van der Waals surface area contributed by atoms with E-state index in [4.69, 9.17) is 9.15 Å². The molecule has 0 spiro atoms. The number of fused-ring (bicyclic) bond motifs is 1. The Hall–Kier alpha value is -1.85. The van der Waals surface area contributed by atoms with E-state index < -0.39 is 5.60 Å². The van der Waals surface area contributed by atoms with Gasteiger partial charge in [0.05, 0.1) is 18.3 Å². The molecule has 0 aliphatic heterocycles. The van der Waals surface area contributed by atoms with Gasteiger partial charge in [0.1, 0.15) is 5.58 Å². The largest absolute Gasteiger partial charge is 0.451 e. The van der Waals surface area contributed by atoms with E-state index in [0.717, 1.165) is 17.4 Å². The number of benzene rings is 1. The standard InChI is InChI=1S/C20H29NO4/c1-6-14(4)20(5,23)12-21-19(22)18-16(11-24-13(2)3)15-9-7-8-10-17(15)25-18/h7-10,13-14,23H,6,11-12H2,1-5H3,(H,21,22). The van der Waals surface area contributed by atoms with Crippen LogP contribution in [-0.2, 0) is 11.3 Å². The van der Waals surface area contributed by atoms with Crippen LogP contribution in [0.4, 0.5) is 0 Å². The third kappa shape index (κ3) is 4.61. The Morgan fingerprint density at radius 1 is 1.32 bits per heavy atom. The van der Waals surface area contributed by atoms with E-state index in [1.807, 2.05) is 52.0 Å². The fraction of sp³-hybridized carbons (Fsp3) is 0.550. The minimum absolute atomic E-state index is 0.0516. The van der Waals surface area contributed by atoms with Crippen LogP contribution in [0.2, 0.25) is 0 Å². The van der Waals surface area contributed by atoms with E-state index in [1.165, 1.54) is 0 Å². The first-order valence-corrected chi connectivity index (χ1v) is 8.88. The van der Waals surface area contributed by atoms with Crippen molar-refractivity contribution in [3.63, 3.8) is 0 Å². The third-order valence-electron chi connectivity index (χ3n) is 4.75. The molecule has 2 unspecified atom stereocenters. The smallest absolute Gasteiger partial charge is 0.287 e. The lowest BCUT2D eigenvalue weighted by molar-refractivity contribution is 0.00564. The number of hydrogen-bond donors (Lipinski definition) is 2. The summed E-state index contributed by atoms with van der Waals surface area (Å²) in [5.74, 6) is -0.00356. The van der Waals surface area contributed by atoms with Gasteiger partial charge in [-0.1, -0.05) is 38.5 Å². The normalized spacial score (nSPS) is 15.3. The summed E-state index contributed by atoms with van der Waals surface area (Å²) in [5.41, 5.74) is 0.430. The Morgan fingerprint density at radius 2 is 2.00 bits per heavy atom. The molecule has 138 valence electrons. The van der Waals surface area contributed by atoms with Crippen LogP contribution in [0.25, 0.3) is 11.0 Å². The van der Waals surface area contributed by atoms with Gasteiger partial charge < -0.3 is 19.6 Å². The summed E-state index contributed by atoms with van der Waals surface area (Å²) in [6.07, 6.45) is 0.886. The first-order chi connectivity index (χ1) is 11.8. The number of carbonyl (C=O) groups excluding carboxylic acids is 1. The Kier molecular flexibility index (Phi) is 6.25. The minimum Gasteiger partial charge on any atom is -0.451 e. The summed E-state index contributed by atoms with van der Waals surface area (Å²) in [6.45, 7) is 10.1. The second-order valence-electron chi connectivity index (χ2n) is 7.11. The number of furan rings is 1. The summed E-state index contributed by atoms with van der Waals surface area (Å²) in [4.78, 5) is 12.7. The molecule has 0 saturated heterocycles. The lowest BCUT2D eigenvalue weighted by atomic mass is 9.88. The Labute approximate surface area is 149 Å². The first kappa shape index (κ1) is 19.5. The van der Waals surface area contributed by atoms with Gasteiger partial charge in [0.2, 0.25) is 0 Å². The van der Waals surface area contributed by atoms with Crippen molar-refractivity contribution in [2.75, 3.05) is 6.54 Å². The summed E-state index contributed by atoms with van der Waals surface area (Å²) >= 11 is 0. The van der Waals surface area contributed by atoms with Gasteiger partial charge in [0.15, 0.2) is 5.76 Å². The van der Waals surface area contributed by atoms with Crippen LogP contribution in [-0.4, -0.2) is 29.3 Å². The van der Waals surface area contributed by atoms with Gasteiger partial charge >= 0.3 is 0 Å². The molecule has 0 aliphatic carbocycles. The fourth-order valence-corrected chi connectivity index (χ4v) is 2.63. The zero-order valence-electron chi connectivity index (χ0n) is 15.8. The van der Waals surface area contributed by atoms with Crippen molar-refractivity contribution in [3.8, 4) is 0 Å². The van der Waals surface area contributed by atoms with Crippen molar-refractivity contribution >= 4 is 16.9 Å². The highest BCUT2D eigenvalue weighted by Crippen LogP contribution is 2.27. The maximum Gasteiger partial charge on any atom is 0.287 e. The molecule has 2 aromatic rings. The summed E-state index contributed by atoms with van der Waals surface area (Å²) in [5, 5.41) is 14.2. The van der Waals surface area contributed by atoms with Crippen molar-refractivity contribution in [2.24, 2.45) is 5.92 Å². The van der Waals surface area contributed by atoms with Crippen LogP contribution in [0.1, 0.15) is 57.2 Å². The van der Waals surface area contributed by atoms with E-state index in [9.17, 15) is 9.90 Å². The van der Waals surface area contributed by atoms with Crippen molar-refractivity contribution in [2.45, 2.75) is 59.4 Å². The molecule has 5 heteroatoms. The van der Waals surface area contributed by atoms with Gasteiger partial charge in [0.25, 0.3) is 5.91 Å². The predicted octanol–water partition coefficient (Wildman–Crippen LogP) is 3.88. The molecular weight excluding hydrogens is 318 g/mol. The van der Waals surface area contributed by atoms with Gasteiger partial charge in [-0.05, 0) is 32.8 Å². The van der Waals surface area contributed by atoms with Crippen molar-refractivity contribution in [1.82, 2.24) is 5.32 Å². The van der Waals surface area contributed by atoms with E-state index in [1.54, 1.807) is 6.92 Å². The highest BCUT2D eigenvalue weighted by molar-refractivity contribution is 5.99. The molecule has 2 atom stereocenters. The van der Waals surface area contributed by atoms with Crippen molar-refractivity contribution in [3.05, 3.63) is 35.6 Å². The van der Waals surface area contributed by atoms with Gasteiger partial charge in [-0.25, -0.2) is 0 Å². The van der Waals surface area contributed by atoms with E-state index in [-0.39, 0.29) is 30.2 Å². The maximum absolute atomic E-state index is 12.7. The Morgan fingerprint density at radius 3 is 2.64 bits per heavy atom. The number of hydrogen-bond acceptors (Lipinski definition) is 4. The molecule has 1 aromatic carbocycles. The summed E-state index contributed by atoms with van der Waals surface area (Å²) in [6, 6.07) is 7.53. The summed E-state index contributed by atoms with van der Waals surface area (Å²) < 4.78 is 11.5. The minimum atomic E-state index is -0.967. The number of aliphatic hydroxyl groups is 1. The van der Waals surface area contributed by atoms with Crippen LogP contribution in [0.5, 0.6) is 0 Å². The van der Waals surface area contributed by atoms with Gasteiger partial charge in [-0.2, -0.15) is 0 Å². The molecule has 1 aromatic heterocycles. The van der Waals surface area contributed by atoms with E-state index >= 15 is 0 Å². The second-order valence-corrected chi connectivity index (χ2v) is 7.11. The van der Waals surface area contributed by atoms with E-state index in [0.29, 0.717) is 12.2 Å². The number of para-hydroxylation sites is 1. The average Bonchev–Trinajstić information content (AvgIpc) is 2.95. The molecule has 5 nitrogen and oxygen atoms in total. The van der Waals surface area contributed by atoms with Crippen LogP contribution in [0.15, 0.2) is 28.7 Å². The second kappa shape index (κ2) is 8.02. The zero-order chi connectivity index (χ0) is 18.6. The van der Waals surface area contributed by atoms with Gasteiger partial charge in [-0.3, -0.25) is 4.79 Å². The van der Waals surface area contributed by atoms with Crippen LogP contribution >= 0.6 is 0 Å². The molecule has 0 aliphatic rings. The SMILES string of the molecule is CCC(C)C(C)(O)CNC(=O)c1oc2ccccc2c1COC(C)C. The van der Waals surface area contributed by atoms with Gasteiger partial charge in [-0.15, -0.1) is 0 Å². The third-order valence-corrected chi connectivity index (χ3v) is 4.75. The van der Waals surface area contributed by atoms with Crippen LogP contribution < -0.4 is 5.32 Å². The molecule has 25 heavy (non-hydrogen) atoms. The number of rotatable bonds is 8. The Balaban J connectivity index is 2.23. The molecule has 1 heterocycles. The first-order valence-electron chi connectivity index (χ1n) is 8.88. The van der Waals surface area contributed by atoms with E-state index in [2.05, 4.69) is 5.32 Å². The number of nitrogens with one attached hydrogen (secondary N) is 1. The molecule has 2 N–H and O–H groups in total. The highest BCUT2D eigenvalue weighted by Gasteiger charge is 2.29. The maximum atomic E-state index is 12.7. The van der Waals surface area contributed by atoms with Crippen LogP contribution in [0.3, 0.4) is 0 Å². The molecule has 1 amide bonds. The zero-order valence-corrected chi connectivity index (χ0v) is 15.8. The lowest BCUT2D eigenvalue weighted by Gasteiger charge is -2.29.